The van der Waals surface area contributed by atoms with E-state index in [1.807, 2.05) is 0 Å². The summed E-state index contributed by atoms with van der Waals surface area (Å²) in [5, 5.41) is 13.1. The predicted octanol–water partition coefficient (Wildman–Crippen LogP) is 7.12. The molecular formula is C28H55NO5S. The topological polar surface area (TPSA) is 104 Å². The van der Waals surface area contributed by atoms with Crippen molar-refractivity contribution in [2.45, 2.75) is 154 Å². The van der Waals surface area contributed by atoms with Crippen LogP contribution in [0.5, 0.6) is 0 Å². The molecule has 1 amide bonds. The molecule has 0 aliphatic carbocycles. The zero-order chi connectivity index (χ0) is 26.2. The number of rotatable bonds is 25. The average Bonchev–Trinajstić information content (AvgIpc) is 2.80. The molecule has 0 aromatic heterocycles. The summed E-state index contributed by atoms with van der Waals surface area (Å²) in [7, 11) is -4.29. The fourth-order valence-electron chi connectivity index (χ4n) is 4.28. The lowest BCUT2D eigenvalue weighted by Gasteiger charge is -2.23. The number of hydrogen-bond acceptors (Lipinski definition) is 4. The van der Waals surface area contributed by atoms with E-state index in [1.54, 1.807) is 0 Å². The molecular weight excluding hydrogens is 462 g/mol. The van der Waals surface area contributed by atoms with Crippen LogP contribution >= 0.6 is 0 Å². The summed E-state index contributed by atoms with van der Waals surface area (Å²) in [6.45, 7) is 4.39. The van der Waals surface area contributed by atoms with Gasteiger partial charge in [0.1, 0.15) is 0 Å². The van der Waals surface area contributed by atoms with Crippen molar-refractivity contribution in [1.29, 1.82) is 0 Å². The van der Waals surface area contributed by atoms with Gasteiger partial charge in [-0.1, -0.05) is 116 Å². The number of aliphatic hydroxyl groups is 1. The highest BCUT2D eigenvalue weighted by Crippen LogP contribution is 2.14. The van der Waals surface area contributed by atoms with Crippen molar-refractivity contribution in [3.8, 4) is 0 Å². The summed E-state index contributed by atoms with van der Waals surface area (Å²) >= 11 is 0. The third-order valence-electron chi connectivity index (χ3n) is 6.45. The number of carbonyl (C=O) groups is 1. The Morgan fingerprint density at radius 1 is 0.743 bits per heavy atom. The third-order valence-corrected chi connectivity index (χ3v) is 7.23. The quantitative estimate of drug-likeness (QED) is 0.0679. The Balaban J connectivity index is 4.08. The molecule has 3 N–H and O–H groups in total. The molecule has 0 spiro atoms. The number of amides is 1. The van der Waals surface area contributed by atoms with Crippen molar-refractivity contribution in [1.82, 2.24) is 5.32 Å². The van der Waals surface area contributed by atoms with Crippen molar-refractivity contribution < 1.29 is 22.9 Å². The lowest BCUT2D eigenvalue weighted by Crippen LogP contribution is -2.47. The minimum absolute atomic E-state index is 0.261. The number of unbranched alkanes of at least 4 members (excludes halogenated alkanes) is 15. The molecule has 0 aliphatic heterocycles. The fourth-order valence-corrected chi connectivity index (χ4v) is 5.04. The molecule has 0 radical (unpaired) electrons. The molecule has 35 heavy (non-hydrogen) atoms. The van der Waals surface area contributed by atoms with Crippen LogP contribution in [-0.2, 0) is 14.9 Å². The molecule has 2 atom stereocenters. The van der Waals surface area contributed by atoms with E-state index >= 15 is 0 Å². The Labute approximate surface area is 216 Å². The van der Waals surface area contributed by atoms with Crippen molar-refractivity contribution in [2.24, 2.45) is 0 Å². The molecule has 0 rings (SSSR count). The van der Waals surface area contributed by atoms with Gasteiger partial charge in [0.2, 0.25) is 5.91 Å². The van der Waals surface area contributed by atoms with Gasteiger partial charge in [-0.25, -0.2) is 0 Å². The standard InChI is InChI=1S/C28H55NO5S/c1-3-5-7-9-11-13-15-17-19-21-23-27(30)26(25-35(32,33)34)29-28(31)24-22-20-18-16-14-12-10-8-6-4-2/h8,10,26-27,30H,3-7,9,11-25H2,1-2H3,(H,29,31)(H,32,33,34)/b10-8-. The molecule has 7 heteroatoms. The van der Waals surface area contributed by atoms with Gasteiger partial charge in [-0.2, -0.15) is 8.42 Å². The Hall–Kier alpha value is -0.920. The van der Waals surface area contributed by atoms with Gasteiger partial charge in [0, 0.05) is 6.42 Å². The highest BCUT2D eigenvalue weighted by molar-refractivity contribution is 7.85. The van der Waals surface area contributed by atoms with E-state index in [9.17, 15) is 22.9 Å². The summed E-state index contributed by atoms with van der Waals surface area (Å²) in [5.41, 5.74) is 0. The Morgan fingerprint density at radius 2 is 1.26 bits per heavy atom. The number of aliphatic hydroxyl groups excluding tert-OH is 1. The minimum Gasteiger partial charge on any atom is -0.391 e. The van der Waals surface area contributed by atoms with E-state index < -0.39 is 28.0 Å². The van der Waals surface area contributed by atoms with Gasteiger partial charge in [0.05, 0.1) is 17.9 Å². The third kappa shape index (κ3) is 24.5. The first-order valence-corrected chi connectivity index (χ1v) is 16.0. The molecule has 0 saturated heterocycles. The molecule has 6 nitrogen and oxygen atoms in total. The van der Waals surface area contributed by atoms with Gasteiger partial charge in [-0.15, -0.1) is 0 Å². The van der Waals surface area contributed by atoms with Crippen LogP contribution in [0.2, 0.25) is 0 Å². The highest BCUT2D eigenvalue weighted by atomic mass is 32.2. The SMILES string of the molecule is CCC/C=C\CCCCCCCC(=O)NC(CS(=O)(=O)O)C(O)CCCCCCCCCCCC. The first-order valence-electron chi connectivity index (χ1n) is 14.4. The first kappa shape index (κ1) is 34.1. The summed E-state index contributed by atoms with van der Waals surface area (Å²) in [6, 6.07) is -0.967. The molecule has 0 aromatic rings. The molecule has 0 aromatic carbocycles. The van der Waals surface area contributed by atoms with Crippen molar-refractivity contribution in [3.05, 3.63) is 12.2 Å². The second-order valence-corrected chi connectivity index (χ2v) is 11.5. The fraction of sp³-hybridized carbons (Fsp3) is 0.893. The van der Waals surface area contributed by atoms with Gasteiger partial charge in [-0.05, 0) is 32.1 Å². The van der Waals surface area contributed by atoms with Crippen LogP contribution in [0, 0.1) is 0 Å². The van der Waals surface area contributed by atoms with E-state index in [-0.39, 0.29) is 5.91 Å². The minimum atomic E-state index is -4.29. The van der Waals surface area contributed by atoms with E-state index in [2.05, 4.69) is 31.3 Å². The number of allylic oxidation sites excluding steroid dienone is 2. The monoisotopic (exact) mass is 517 g/mol. The Morgan fingerprint density at radius 3 is 1.83 bits per heavy atom. The second kappa shape index (κ2) is 23.5. The lowest BCUT2D eigenvalue weighted by molar-refractivity contribution is -0.122. The predicted molar refractivity (Wildman–Crippen MR) is 147 cm³/mol. The Bertz CT molecular complexity index is 621. The average molecular weight is 518 g/mol. The van der Waals surface area contributed by atoms with Crippen molar-refractivity contribution in [3.63, 3.8) is 0 Å². The first-order chi connectivity index (χ1) is 16.8. The van der Waals surface area contributed by atoms with Crippen LogP contribution in [0.4, 0.5) is 0 Å². The second-order valence-electron chi connectivity index (χ2n) is 10.0. The highest BCUT2D eigenvalue weighted by Gasteiger charge is 2.25. The van der Waals surface area contributed by atoms with Gasteiger partial charge in [0.25, 0.3) is 10.1 Å². The number of nitrogens with one attached hydrogen (secondary N) is 1. The maximum atomic E-state index is 12.3. The van der Waals surface area contributed by atoms with Crippen molar-refractivity contribution >= 4 is 16.0 Å². The Kier molecular flexibility index (Phi) is 22.9. The molecule has 0 aliphatic rings. The van der Waals surface area contributed by atoms with E-state index in [4.69, 9.17) is 0 Å². The maximum Gasteiger partial charge on any atom is 0.266 e. The van der Waals surface area contributed by atoms with Crippen LogP contribution in [0.25, 0.3) is 0 Å². The van der Waals surface area contributed by atoms with Crippen molar-refractivity contribution in [2.75, 3.05) is 5.75 Å². The van der Waals surface area contributed by atoms with Gasteiger partial charge >= 0.3 is 0 Å². The molecule has 0 saturated carbocycles. The summed E-state index contributed by atoms with van der Waals surface area (Å²) in [5.74, 6) is -0.910. The summed E-state index contributed by atoms with van der Waals surface area (Å²) < 4.78 is 32.1. The summed E-state index contributed by atoms with van der Waals surface area (Å²) in [6.07, 6.45) is 24.5. The summed E-state index contributed by atoms with van der Waals surface area (Å²) in [4.78, 5) is 12.3. The number of carbonyl (C=O) groups excluding carboxylic acids is 1. The maximum absolute atomic E-state index is 12.3. The molecule has 0 bridgehead atoms. The smallest absolute Gasteiger partial charge is 0.266 e. The zero-order valence-corrected chi connectivity index (χ0v) is 23.5. The largest absolute Gasteiger partial charge is 0.391 e. The van der Waals surface area contributed by atoms with Crippen LogP contribution < -0.4 is 5.32 Å². The molecule has 208 valence electrons. The van der Waals surface area contributed by atoms with Crippen LogP contribution in [0.15, 0.2) is 12.2 Å². The van der Waals surface area contributed by atoms with Crippen LogP contribution in [0.1, 0.15) is 142 Å². The molecule has 0 heterocycles. The van der Waals surface area contributed by atoms with Gasteiger partial charge in [0.15, 0.2) is 0 Å². The van der Waals surface area contributed by atoms with E-state index in [1.165, 1.54) is 51.4 Å². The zero-order valence-electron chi connectivity index (χ0n) is 22.7. The molecule has 2 unspecified atom stereocenters. The normalized spacial score (nSPS) is 13.8. The van der Waals surface area contributed by atoms with E-state index in [0.29, 0.717) is 12.8 Å². The number of hydrogen-bond donors (Lipinski definition) is 3. The van der Waals surface area contributed by atoms with Gasteiger partial charge < -0.3 is 10.4 Å². The lowest BCUT2D eigenvalue weighted by atomic mass is 10.0. The van der Waals surface area contributed by atoms with Crippen LogP contribution in [0.3, 0.4) is 0 Å². The van der Waals surface area contributed by atoms with Gasteiger partial charge in [-0.3, -0.25) is 9.35 Å². The van der Waals surface area contributed by atoms with E-state index in [0.717, 1.165) is 64.2 Å². The molecule has 0 fully saturated rings. The van der Waals surface area contributed by atoms with Crippen LogP contribution in [-0.4, -0.2) is 41.9 Å².